The molecule has 1 aliphatic rings. The van der Waals surface area contributed by atoms with Gasteiger partial charge in [-0.15, -0.1) is 10.6 Å². The van der Waals surface area contributed by atoms with Gasteiger partial charge in [0.25, 0.3) is 5.91 Å². The topological polar surface area (TPSA) is 155 Å². The van der Waals surface area contributed by atoms with Crippen molar-refractivity contribution in [2.45, 2.75) is 24.5 Å². The van der Waals surface area contributed by atoms with Crippen LogP contribution in [0.15, 0.2) is 57.8 Å². The van der Waals surface area contributed by atoms with E-state index in [0.29, 0.717) is 39.3 Å². The summed E-state index contributed by atoms with van der Waals surface area (Å²) in [4.78, 5) is 28.2. The summed E-state index contributed by atoms with van der Waals surface area (Å²) in [5.74, 6) is -0.0928. The molecule has 2 heterocycles. The van der Waals surface area contributed by atoms with Gasteiger partial charge in [0, 0.05) is 30.2 Å². The molecule has 32 heavy (non-hydrogen) atoms. The van der Waals surface area contributed by atoms with Gasteiger partial charge in [-0.3, -0.25) is 24.3 Å². The Morgan fingerprint density at radius 1 is 1.28 bits per heavy atom. The number of H-pyrrole nitrogens is 1. The maximum absolute atomic E-state index is 12.9. The van der Waals surface area contributed by atoms with Crippen molar-refractivity contribution >= 4 is 38.7 Å². The van der Waals surface area contributed by atoms with Crippen molar-refractivity contribution in [1.29, 1.82) is 0 Å². The van der Waals surface area contributed by atoms with Gasteiger partial charge in [0.1, 0.15) is 6.33 Å². The SMILES string of the molecule is COCc1cnc(NC(=O)C(=NOCc2ncn[nH]2)c2ccc(S(O)(O)C3=CC3)cc2)s1. The number of oxime groups is 1. The molecule has 0 bridgehead atoms. The number of amides is 1. The summed E-state index contributed by atoms with van der Waals surface area (Å²) < 4.78 is 25.8. The van der Waals surface area contributed by atoms with Crippen LogP contribution in [-0.2, 0) is 27.6 Å². The molecule has 1 aromatic carbocycles. The normalized spacial score (nSPS) is 14.1. The second-order valence-electron chi connectivity index (χ2n) is 6.61. The molecule has 1 amide bonds. The zero-order chi connectivity index (χ0) is 22.6. The molecule has 0 unspecified atom stereocenters. The van der Waals surface area contributed by atoms with E-state index in [1.807, 2.05) is 0 Å². The largest absolute Gasteiger partial charge is 0.387 e. The van der Waals surface area contributed by atoms with Gasteiger partial charge >= 0.3 is 0 Å². The number of anilines is 1. The molecule has 1 aliphatic carbocycles. The number of thiazole rings is 1. The molecule has 0 saturated carbocycles. The number of carbonyl (C=O) groups is 1. The van der Waals surface area contributed by atoms with E-state index in [4.69, 9.17) is 9.57 Å². The number of rotatable bonds is 10. The first-order valence-corrected chi connectivity index (χ1v) is 11.7. The van der Waals surface area contributed by atoms with Gasteiger partial charge < -0.3 is 9.57 Å². The van der Waals surface area contributed by atoms with Crippen LogP contribution in [0.4, 0.5) is 5.13 Å². The molecule has 11 nitrogen and oxygen atoms in total. The van der Waals surface area contributed by atoms with Gasteiger partial charge in [-0.2, -0.15) is 5.10 Å². The standard InChI is InChI=1S/C19H20N6O5S2/c1-29-9-13-8-20-19(31-13)23-18(26)17(25-30-10-16-21-11-22-24-16)12-2-4-14(5-3-12)32(27,28)15-6-7-15/h2-6,8,11,27-28H,7,9-10H2,1H3,(H,20,23,26)(H,21,22,24). The number of aromatic amines is 1. The maximum atomic E-state index is 12.9. The van der Waals surface area contributed by atoms with Crippen LogP contribution in [0.3, 0.4) is 0 Å². The van der Waals surface area contributed by atoms with E-state index in [1.54, 1.807) is 43.6 Å². The summed E-state index contributed by atoms with van der Waals surface area (Å²) in [5, 5.41) is 13.4. The van der Waals surface area contributed by atoms with E-state index in [2.05, 4.69) is 30.6 Å². The minimum Gasteiger partial charge on any atom is -0.387 e. The van der Waals surface area contributed by atoms with Crippen molar-refractivity contribution in [1.82, 2.24) is 20.2 Å². The Morgan fingerprint density at radius 2 is 2.06 bits per heavy atom. The maximum Gasteiger partial charge on any atom is 0.280 e. The highest BCUT2D eigenvalue weighted by Crippen LogP contribution is 2.61. The minimum absolute atomic E-state index is 0.0123. The average Bonchev–Trinajstić information content (AvgIpc) is 3.37. The second-order valence-corrected chi connectivity index (χ2v) is 9.82. The number of methoxy groups -OCH3 is 1. The number of aromatic nitrogens is 4. The molecule has 0 atom stereocenters. The van der Waals surface area contributed by atoms with Crippen LogP contribution in [-0.4, -0.2) is 48.0 Å². The second kappa shape index (κ2) is 9.58. The van der Waals surface area contributed by atoms with E-state index < -0.39 is 16.5 Å². The average molecular weight is 477 g/mol. The van der Waals surface area contributed by atoms with Crippen LogP contribution in [0, 0.1) is 0 Å². The lowest BCUT2D eigenvalue weighted by Crippen LogP contribution is -2.24. The fourth-order valence-electron chi connectivity index (χ4n) is 2.64. The Kier molecular flexibility index (Phi) is 6.62. The number of nitrogens with one attached hydrogen (secondary N) is 2. The van der Waals surface area contributed by atoms with Gasteiger partial charge in [-0.25, -0.2) is 9.97 Å². The van der Waals surface area contributed by atoms with Crippen molar-refractivity contribution in [2.75, 3.05) is 12.4 Å². The van der Waals surface area contributed by atoms with E-state index in [9.17, 15) is 13.9 Å². The van der Waals surface area contributed by atoms with E-state index >= 15 is 0 Å². The van der Waals surface area contributed by atoms with Crippen LogP contribution >= 0.6 is 21.9 Å². The van der Waals surface area contributed by atoms with Crippen LogP contribution in [0.2, 0.25) is 0 Å². The molecule has 168 valence electrons. The molecule has 4 rings (SSSR count). The Balaban J connectivity index is 1.54. The molecule has 3 aromatic rings. The molecule has 13 heteroatoms. The van der Waals surface area contributed by atoms with E-state index in [0.717, 1.165) is 4.88 Å². The van der Waals surface area contributed by atoms with E-state index in [1.165, 1.54) is 17.7 Å². The Hall–Kier alpha value is -3.10. The predicted molar refractivity (Wildman–Crippen MR) is 119 cm³/mol. The monoisotopic (exact) mass is 476 g/mol. The molecule has 2 aromatic heterocycles. The Bertz CT molecular complexity index is 1140. The number of nitrogens with zero attached hydrogens (tertiary/aromatic N) is 4. The Labute approximate surface area is 188 Å². The number of ether oxygens (including phenoxy) is 1. The lowest BCUT2D eigenvalue weighted by atomic mass is 10.1. The van der Waals surface area contributed by atoms with Crippen LogP contribution in [0.25, 0.3) is 0 Å². The van der Waals surface area contributed by atoms with Crippen molar-refractivity contribution in [3.05, 3.63) is 64.0 Å². The van der Waals surface area contributed by atoms with Crippen LogP contribution in [0.1, 0.15) is 22.7 Å². The number of carbonyl (C=O) groups excluding carboxylic acids is 1. The third kappa shape index (κ3) is 5.20. The number of hydrogen-bond acceptors (Lipinski definition) is 10. The highest BCUT2D eigenvalue weighted by Gasteiger charge is 2.27. The van der Waals surface area contributed by atoms with Gasteiger partial charge in [-0.05, 0) is 12.1 Å². The highest BCUT2D eigenvalue weighted by molar-refractivity contribution is 8.27. The first-order valence-electron chi connectivity index (χ1n) is 9.34. The lowest BCUT2D eigenvalue weighted by molar-refractivity contribution is -0.110. The van der Waals surface area contributed by atoms with E-state index in [-0.39, 0.29) is 12.3 Å². The highest BCUT2D eigenvalue weighted by atomic mass is 32.3. The zero-order valence-electron chi connectivity index (χ0n) is 16.9. The quantitative estimate of drug-likeness (QED) is 0.256. The molecular formula is C19H20N6O5S2. The molecule has 0 fully saturated rings. The summed E-state index contributed by atoms with van der Waals surface area (Å²) in [6, 6.07) is 6.29. The summed E-state index contributed by atoms with van der Waals surface area (Å²) >= 11 is 1.28. The van der Waals surface area contributed by atoms with Gasteiger partial charge in [0.05, 0.1) is 16.4 Å². The van der Waals surface area contributed by atoms with Crippen LogP contribution in [0.5, 0.6) is 0 Å². The van der Waals surface area contributed by atoms with Crippen LogP contribution < -0.4 is 5.32 Å². The minimum atomic E-state index is -2.98. The number of allylic oxidation sites excluding steroid dienone is 2. The van der Waals surface area contributed by atoms with Crippen molar-refractivity contribution in [3.63, 3.8) is 0 Å². The van der Waals surface area contributed by atoms with Gasteiger partial charge in [-0.1, -0.05) is 34.7 Å². The summed E-state index contributed by atoms with van der Waals surface area (Å²) in [6.07, 6.45) is 5.32. The lowest BCUT2D eigenvalue weighted by Gasteiger charge is -2.30. The smallest absolute Gasteiger partial charge is 0.280 e. The van der Waals surface area contributed by atoms with Gasteiger partial charge in [0.15, 0.2) is 23.3 Å². The third-order valence-corrected chi connectivity index (χ3v) is 7.17. The summed E-state index contributed by atoms with van der Waals surface area (Å²) in [7, 11) is -1.40. The molecule has 0 aliphatic heterocycles. The predicted octanol–water partition coefficient (Wildman–Crippen LogP) is 3.36. The molecule has 4 N–H and O–H groups in total. The molecule has 0 saturated heterocycles. The van der Waals surface area contributed by atoms with Gasteiger partial charge in [0.2, 0.25) is 0 Å². The number of hydrogen-bond donors (Lipinski definition) is 4. The molecule has 0 radical (unpaired) electrons. The fraction of sp³-hybridized carbons (Fsp3) is 0.211. The first kappa shape index (κ1) is 22.1. The summed E-state index contributed by atoms with van der Waals surface area (Å²) in [5.41, 5.74) is 0.416. The summed E-state index contributed by atoms with van der Waals surface area (Å²) in [6.45, 7) is 0.373. The third-order valence-electron chi connectivity index (χ3n) is 4.29. The Morgan fingerprint density at radius 3 is 2.72 bits per heavy atom. The fourth-order valence-corrected chi connectivity index (χ4v) is 4.79. The number of benzene rings is 1. The zero-order valence-corrected chi connectivity index (χ0v) is 18.5. The molecular weight excluding hydrogens is 456 g/mol. The van der Waals surface area contributed by atoms with Crippen molar-refractivity contribution < 1.29 is 23.5 Å². The molecule has 0 spiro atoms. The van der Waals surface area contributed by atoms with Crippen molar-refractivity contribution in [3.8, 4) is 0 Å². The first-order chi connectivity index (χ1) is 15.5. The van der Waals surface area contributed by atoms with Crippen molar-refractivity contribution in [2.24, 2.45) is 5.16 Å².